The van der Waals surface area contributed by atoms with E-state index in [-0.39, 0.29) is 11.6 Å². The van der Waals surface area contributed by atoms with Crippen molar-refractivity contribution in [3.63, 3.8) is 0 Å². The van der Waals surface area contributed by atoms with Crippen LogP contribution in [0.25, 0.3) is 22.4 Å². The Bertz CT molecular complexity index is 876. The van der Waals surface area contributed by atoms with Crippen molar-refractivity contribution < 1.29 is 10.3 Å². The number of aliphatic imine (C=N–C) groups is 1. The lowest BCUT2D eigenvalue weighted by atomic mass is 9.97. The number of aromatic hydroxyl groups is 1. The number of phenols is 1. The van der Waals surface area contributed by atoms with Crippen molar-refractivity contribution in [3.05, 3.63) is 40.5 Å². The minimum Gasteiger partial charge on any atom is -0.508 e. The highest BCUT2D eigenvalue weighted by Gasteiger charge is 2.24. The summed E-state index contributed by atoms with van der Waals surface area (Å²) >= 11 is 1.42. The van der Waals surface area contributed by atoms with Gasteiger partial charge < -0.3 is 5.11 Å². The zero-order valence-electron chi connectivity index (χ0n) is 13.5. The Hall–Kier alpha value is -2.71. The fourth-order valence-electron chi connectivity index (χ4n) is 2.64. The maximum atomic E-state index is 9.52. The van der Waals surface area contributed by atoms with Crippen molar-refractivity contribution in [2.45, 2.75) is 13.8 Å². The Balaban J connectivity index is 2.30. The van der Waals surface area contributed by atoms with Gasteiger partial charge in [-0.25, -0.2) is 0 Å². The topological polar surface area (TPSA) is 106 Å². The van der Waals surface area contributed by atoms with Gasteiger partial charge in [-0.2, -0.15) is 9.47 Å². The highest BCUT2D eigenvalue weighted by molar-refractivity contribution is 7.06. The van der Waals surface area contributed by atoms with Gasteiger partial charge >= 0.3 is 0 Å². The first-order valence-electron chi connectivity index (χ1n) is 7.25. The highest BCUT2D eigenvalue weighted by Crippen LogP contribution is 2.38. The molecule has 7 nitrogen and oxygen atoms in total. The van der Waals surface area contributed by atoms with Crippen molar-refractivity contribution in [1.29, 1.82) is 0 Å². The van der Waals surface area contributed by atoms with Crippen molar-refractivity contribution in [2.75, 3.05) is 7.05 Å². The first-order chi connectivity index (χ1) is 11.6. The predicted molar refractivity (Wildman–Crippen MR) is 93.7 cm³/mol. The molecule has 0 aliphatic carbocycles. The number of nitrogens with one attached hydrogen (secondary N) is 2. The number of hydroxylamine groups is 1. The fraction of sp³-hybridized carbons (Fsp3) is 0.188. The zero-order chi connectivity index (χ0) is 17.3. The largest absolute Gasteiger partial charge is 0.508 e. The van der Waals surface area contributed by atoms with Gasteiger partial charge in [0, 0.05) is 28.6 Å². The van der Waals surface area contributed by atoms with Crippen molar-refractivity contribution >= 4 is 17.4 Å². The molecule has 8 heteroatoms. The molecule has 2 aromatic heterocycles. The molecule has 3 aromatic rings. The van der Waals surface area contributed by atoms with Crippen LogP contribution in [0.1, 0.15) is 16.3 Å². The number of hydrogen-bond acceptors (Lipinski definition) is 6. The van der Waals surface area contributed by atoms with E-state index in [4.69, 9.17) is 0 Å². The summed E-state index contributed by atoms with van der Waals surface area (Å²) in [5.74, 6) is 0.473. The fourth-order valence-corrected chi connectivity index (χ4v) is 3.35. The average Bonchev–Trinajstić information content (AvgIpc) is 3.13. The summed E-state index contributed by atoms with van der Waals surface area (Å²) in [6, 6.07) is 6.80. The second kappa shape index (κ2) is 6.42. The van der Waals surface area contributed by atoms with Gasteiger partial charge in [-0.15, -0.1) is 0 Å². The minimum absolute atomic E-state index is 0.188. The van der Waals surface area contributed by atoms with Gasteiger partial charge in [0.25, 0.3) is 0 Å². The van der Waals surface area contributed by atoms with Crippen LogP contribution in [-0.4, -0.2) is 37.8 Å². The van der Waals surface area contributed by atoms with Crippen molar-refractivity contribution in [1.82, 2.24) is 20.1 Å². The molecular weight excluding hydrogens is 326 g/mol. The Morgan fingerprint density at radius 2 is 1.92 bits per heavy atom. The third kappa shape index (κ3) is 2.66. The molecule has 3 rings (SSSR count). The molecule has 0 saturated carbocycles. The lowest BCUT2D eigenvalue weighted by Gasteiger charge is -2.08. The molecule has 2 heterocycles. The summed E-state index contributed by atoms with van der Waals surface area (Å²) < 4.78 is 4.41. The van der Waals surface area contributed by atoms with Gasteiger partial charge in [-0.05, 0) is 49.6 Å². The maximum Gasteiger partial charge on any atom is 0.170 e. The normalized spacial score (nSPS) is 11.8. The van der Waals surface area contributed by atoms with Crippen LogP contribution in [0.3, 0.4) is 0 Å². The lowest BCUT2D eigenvalue weighted by molar-refractivity contribution is 0.234. The highest BCUT2D eigenvalue weighted by atomic mass is 32.1. The molecule has 0 atom stereocenters. The van der Waals surface area contributed by atoms with Crippen LogP contribution in [0.5, 0.6) is 5.75 Å². The van der Waals surface area contributed by atoms with E-state index in [1.807, 2.05) is 13.8 Å². The number of amidine groups is 1. The number of aromatic nitrogens is 3. The molecular formula is C16H17N5O2S. The monoisotopic (exact) mass is 343 g/mol. The van der Waals surface area contributed by atoms with Gasteiger partial charge in [0.05, 0.1) is 5.69 Å². The quantitative estimate of drug-likeness (QED) is 0.332. The summed E-state index contributed by atoms with van der Waals surface area (Å²) in [4.78, 5) is 5.10. The molecule has 124 valence electrons. The van der Waals surface area contributed by atoms with Gasteiger partial charge in [0.2, 0.25) is 0 Å². The molecule has 0 aliphatic rings. The Morgan fingerprint density at radius 1 is 1.21 bits per heavy atom. The van der Waals surface area contributed by atoms with E-state index >= 15 is 0 Å². The number of rotatable bonds is 3. The van der Waals surface area contributed by atoms with Gasteiger partial charge in [-0.1, -0.05) is 0 Å². The third-order valence-electron chi connectivity index (χ3n) is 3.76. The number of phenolic OH excluding ortho intramolecular Hbond substituents is 1. The van der Waals surface area contributed by atoms with Crippen molar-refractivity contribution in [2.24, 2.45) is 4.99 Å². The molecule has 0 bridgehead atoms. The second-order valence-electron chi connectivity index (χ2n) is 5.25. The molecule has 0 unspecified atom stereocenters. The number of aromatic amines is 1. The second-order valence-corrected chi connectivity index (χ2v) is 6.23. The van der Waals surface area contributed by atoms with Crippen LogP contribution in [0.4, 0.5) is 0 Å². The molecule has 0 aliphatic heterocycles. The summed E-state index contributed by atoms with van der Waals surface area (Å²) in [5.41, 5.74) is 6.88. The molecule has 1 aromatic carbocycles. The van der Waals surface area contributed by atoms with Crippen LogP contribution in [0.15, 0.2) is 29.3 Å². The molecule has 0 fully saturated rings. The molecule has 24 heavy (non-hydrogen) atoms. The van der Waals surface area contributed by atoms with Gasteiger partial charge in [0.15, 0.2) is 5.84 Å². The summed E-state index contributed by atoms with van der Waals surface area (Å²) in [6.45, 7) is 3.93. The molecule has 0 saturated heterocycles. The average molecular weight is 343 g/mol. The zero-order valence-corrected chi connectivity index (χ0v) is 14.3. The van der Waals surface area contributed by atoms with E-state index in [1.54, 1.807) is 31.3 Å². The molecule has 0 spiro atoms. The van der Waals surface area contributed by atoms with Gasteiger partial charge in [-0.3, -0.25) is 20.8 Å². The minimum atomic E-state index is 0.188. The van der Waals surface area contributed by atoms with Crippen LogP contribution in [0, 0.1) is 13.8 Å². The Labute approximate surface area is 142 Å². The number of nitrogens with zero attached hydrogens (tertiary/aromatic N) is 3. The molecule has 4 N–H and O–H groups in total. The van der Waals surface area contributed by atoms with Gasteiger partial charge in [0.1, 0.15) is 17.1 Å². The maximum absolute atomic E-state index is 9.52. The van der Waals surface area contributed by atoms with Crippen LogP contribution in [-0.2, 0) is 0 Å². The van der Waals surface area contributed by atoms with Crippen LogP contribution >= 0.6 is 11.5 Å². The first kappa shape index (κ1) is 16.2. The first-order valence-corrected chi connectivity index (χ1v) is 8.02. The van der Waals surface area contributed by atoms with E-state index in [1.165, 1.54) is 11.5 Å². The SMILES string of the molecule is CN=C(NO)c1[nH]nc(-c2ccc(O)cc2)c1-c1c(C)nsc1C. The summed E-state index contributed by atoms with van der Waals surface area (Å²) in [7, 11) is 1.58. The number of aryl methyl sites for hydroxylation is 2. The number of H-pyrrole nitrogens is 1. The standard InChI is InChI=1S/C16H17N5O2S/c1-8-12(9(2)24-21-8)13-14(10-4-6-11(22)7-5-10)18-19-15(13)16(17-3)20-23/h4-7,22-23H,1-3H3,(H,17,20)(H,18,19). The molecule has 0 radical (unpaired) electrons. The van der Waals surface area contributed by atoms with E-state index in [0.717, 1.165) is 27.3 Å². The van der Waals surface area contributed by atoms with E-state index in [0.29, 0.717) is 11.4 Å². The smallest absolute Gasteiger partial charge is 0.170 e. The van der Waals surface area contributed by atoms with Crippen molar-refractivity contribution in [3.8, 4) is 28.1 Å². The predicted octanol–water partition coefficient (Wildman–Crippen LogP) is 2.88. The van der Waals surface area contributed by atoms with Crippen LogP contribution in [0.2, 0.25) is 0 Å². The van der Waals surface area contributed by atoms with E-state index in [9.17, 15) is 10.3 Å². The summed E-state index contributed by atoms with van der Waals surface area (Å²) in [6.07, 6.45) is 0. The Morgan fingerprint density at radius 3 is 2.46 bits per heavy atom. The van der Waals surface area contributed by atoms with Crippen LogP contribution < -0.4 is 5.48 Å². The molecule has 0 amide bonds. The number of benzene rings is 1. The van der Waals surface area contributed by atoms with E-state index in [2.05, 4.69) is 25.0 Å². The number of hydrogen-bond donors (Lipinski definition) is 4. The summed E-state index contributed by atoms with van der Waals surface area (Å²) in [5, 5.41) is 26.3. The van der Waals surface area contributed by atoms with E-state index < -0.39 is 0 Å². The Kier molecular flexibility index (Phi) is 4.32. The third-order valence-corrected chi connectivity index (χ3v) is 4.60. The lowest BCUT2D eigenvalue weighted by Crippen LogP contribution is -2.21.